The third-order valence-corrected chi connectivity index (χ3v) is 5.53. The minimum Gasteiger partial charge on any atom is -0.385 e. The maximum atomic E-state index is 12.9. The molecule has 0 aliphatic carbocycles. The fourth-order valence-corrected chi connectivity index (χ4v) is 3.51. The van der Waals surface area contributed by atoms with Gasteiger partial charge in [0.25, 0.3) is 5.91 Å². The number of hydrogen-bond acceptors (Lipinski definition) is 3. The molecular weight excluding hydrogens is 396 g/mol. The zero-order valence-corrected chi connectivity index (χ0v) is 17.5. The number of aromatic nitrogens is 1. The lowest BCUT2D eigenvalue weighted by atomic mass is 10.1. The van der Waals surface area contributed by atoms with Gasteiger partial charge in [0.1, 0.15) is 5.56 Å². The number of hydrogen-bond donors (Lipinski definition) is 1. The Morgan fingerprint density at radius 2 is 1.77 bits per heavy atom. The summed E-state index contributed by atoms with van der Waals surface area (Å²) in [5, 5.41) is 2.92. The number of anilines is 1. The Morgan fingerprint density at radius 1 is 1.15 bits per heavy atom. The van der Waals surface area contributed by atoms with Crippen molar-refractivity contribution >= 4 is 27.5 Å². The summed E-state index contributed by atoms with van der Waals surface area (Å²) in [6.07, 6.45) is 0.797. The Kier molecular flexibility index (Phi) is 6.78. The van der Waals surface area contributed by atoms with Gasteiger partial charge in [-0.15, -0.1) is 0 Å². The number of carbonyl (C=O) groups excluding carboxylic acids is 1. The monoisotopic (exact) mass is 420 g/mol. The Labute approximate surface area is 162 Å². The number of aryl methyl sites for hydroxylation is 2. The summed E-state index contributed by atoms with van der Waals surface area (Å²) in [5.74, 6) is -0.383. The van der Waals surface area contributed by atoms with Gasteiger partial charge in [-0.2, -0.15) is 0 Å². The van der Waals surface area contributed by atoms with Crippen LogP contribution in [0.25, 0.3) is 0 Å². The summed E-state index contributed by atoms with van der Waals surface area (Å²) in [6.45, 7) is 8.85. The van der Waals surface area contributed by atoms with Crippen LogP contribution in [0.5, 0.6) is 0 Å². The van der Waals surface area contributed by atoms with Gasteiger partial charge >= 0.3 is 0 Å². The highest BCUT2D eigenvalue weighted by molar-refractivity contribution is 9.10. The van der Waals surface area contributed by atoms with Gasteiger partial charge in [-0.25, -0.2) is 0 Å². The molecular formula is C20H25BrN2O3. The summed E-state index contributed by atoms with van der Waals surface area (Å²) >= 11 is 3.36. The fourth-order valence-electron chi connectivity index (χ4n) is 3.10. The van der Waals surface area contributed by atoms with Crippen molar-refractivity contribution in [2.45, 2.75) is 40.7 Å². The SMILES string of the molecule is COCCCn1c(C)c(Br)c(=O)c(C(=O)Nc2c(C)cccc2C)c1C. The number of para-hydroxylation sites is 1. The average Bonchev–Trinajstić information content (AvgIpc) is 2.59. The van der Waals surface area contributed by atoms with E-state index in [4.69, 9.17) is 4.74 Å². The second-order valence-electron chi connectivity index (χ2n) is 6.41. The quantitative estimate of drug-likeness (QED) is 0.714. The summed E-state index contributed by atoms with van der Waals surface area (Å²) in [7, 11) is 1.66. The third-order valence-electron chi connectivity index (χ3n) is 4.59. The molecule has 1 aromatic heterocycles. The van der Waals surface area contributed by atoms with Crippen molar-refractivity contribution in [1.82, 2.24) is 4.57 Å². The third kappa shape index (κ3) is 4.07. The standard InChI is InChI=1S/C20H25BrN2O3/c1-12-8-6-9-13(2)18(12)22-20(25)16-14(3)23(10-7-11-26-5)15(4)17(21)19(16)24/h6,8-9H,7,10-11H2,1-5H3,(H,22,25). The summed E-state index contributed by atoms with van der Waals surface area (Å²) in [5.41, 5.74) is 4.03. The lowest BCUT2D eigenvalue weighted by Crippen LogP contribution is -2.29. The van der Waals surface area contributed by atoms with Crippen LogP contribution in [0.15, 0.2) is 27.5 Å². The molecule has 5 nitrogen and oxygen atoms in total. The van der Waals surface area contributed by atoms with Crippen LogP contribution in [0.1, 0.15) is 39.3 Å². The van der Waals surface area contributed by atoms with E-state index in [1.165, 1.54) is 0 Å². The predicted octanol–water partition coefficient (Wildman–Crippen LogP) is 4.13. The minimum absolute atomic E-state index is 0.169. The van der Waals surface area contributed by atoms with Gasteiger partial charge in [0.05, 0.1) is 4.47 Å². The second-order valence-corrected chi connectivity index (χ2v) is 7.20. The average molecular weight is 421 g/mol. The van der Waals surface area contributed by atoms with Crippen LogP contribution in [0, 0.1) is 27.7 Å². The first-order valence-electron chi connectivity index (χ1n) is 8.55. The van der Waals surface area contributed by atoms with Crippen LogP contribution in [0.3, 0.4) is 0 Å². The van der Waals surface area contributed by atoms with Gasteiger partial charge in [-0.1, -0.05) is 18.2 Å². The number of halogens is 1. The molecule has 0 aliphatic rings. The molecule has 140 valence electrons. The molecule has 0 bridgehead atoms. The number of nitrogens with one attached hydrogen (secondary N) is 1. The molecule has 1 N–H and O–H groups in total. The highest BCUT2D eigenvalue weighted by atomic mass is 79.9. The van der Waals surface area contributed by atoms with Gasteiger partial charge in [0.2, 0.25) is 5.43 Å². The Morgan fingerprint density at radius 3 is 2.35 bits per heavy atom. The van der Waals surface area contributed by atoms with E-state index < -0.39 is 0 Å². The lowest BCUT2D eigenvalue weighted by Gasteiger charge is -2.19. The number of pyridine rings is 1. The van der Waals surface area contributed by atoms with E-state index >= 15 is 0 Å². The van der Waals surface area contributed by atoms with E-state index in [1.807, 2.05) is 50.5 Å². The van der Waals surface area contributed by atoms with E-state index in [0.29, 0.717) is 23.3 Å². The summed E-state index contributed by atoms with van der Waals surface area (Å²) in [4.78, 5) is 25.7. The minimum atomic E-state index is -0.383. The van der Waals surface area contributed by atoms with E-state index in [1.54, 1.807) is 7.11 Å². The highest BCUT2D eigenvalue weighted by Gasteiger charge is 2.22. The van der Waals surface area contributed by atoms with Gasteiger partial charge in [0, 0.05) is 37.3 Å². The molecule has 1 amide bonds. The second kappa shape index (κ2) is 8.64. The van der Waals surface area contributed by atoms with Crippen molar-refractivity contribution in [3.63, 3.8) is 0 Å². The molecule has 26 heavy (non-hydrogen) atoms. The summed E-state index contributed by atoms with van der Waals surface area (Å²) in [6, 6.07) is 5.81. The molecule has 1 aromatic carbocycles. The number of nitrogens with zero attached hydrogens (tertiary/aromatic N) is 1. The largest absolute Gasteiger partial charge is 0.385 e. The molecule has 0 aliphatic heterocycles. The Bertz CT molecular complexity index is 867. The number of carbonyl (C=O) groups is 1. The van der Waals surface area contributed by atoms with E-state index in [9.17, 15) is 9.59 Å². The van der Waals surface area contributed by atoms with Gasteiger partial charge in [0.15, 0.2) is 0 Å². The number of rotatable bonds is 6. The molecule has 1 heterocycles. The van der Waals surface area contributed by atoms with E-state index in [2.05, 4.69) is 21.2 Å². The zero-order chi connectivity index (χ0) is 19.4. The van der Waals surface area contributed by atoms with E-state index in [-0.39, 0.29) is 16.9 Å². The van der Waals surface area contributed by atoms with Crippen molar-refractivity contribution in [2.24, 2.45) is 0 Å². The molecule has 6 heteroatoms. The molecule has 2 aromatic rings. The number of methoxy groups -OCH3 is 1. The molecule has 0 unspecified atom stereocenters. The molecule has 0 saturated heterocycles. The molecule has 0 atom stereocenters. The maximum Gasteiger partial charge on any atom is 0.261 e. The van der Waals surface area contributed by atoms with Gasteiger partial charge in [-0.3, -0.25) is 9.59 Å². The molecule has 0 spiro atoms. The fraction of sp³-hybridized carbons (Fsp3) is 0.400. The highest BCUT2D eigenvalue weighted by Crippen LogP contribution is 2.22. The van der Waals surface area contributed by atoms with Gasteiger partial charge in [-0.05, 0) is 61.2 Å². The Balaban J connectivity index is 2.48. The van der Waals surface area contributed by atoms with Crippen molar-refractivity contribution in [2.75, 3.05) is 19.0 Å². The van der Waals surface area contributed by atoms with Crippen molar-refractivity contribution < 1.29 is 9.53 Å². The van der Waals surface area contributed by atoms with Crippen molar-refractivity contribution in [3.05, 3.63) is 61.0 Å². The predicted molar refractivity (Wildman–Crippen MR) is 108 cm³/mol. The lowest BCUT2D eigenvalue weighted by molar-refractivity contribution is 0.102. The van der Waals surface area contributed by atoms with Crippen molar-refractivity contribution in [3.8, 4) is 0 Å². The molecule has 0 fully saturated rings. The van der Waals surface area contributed by atoms with Crippen LogP contribution >= 0.6 is 15.9 Å². The van der Waals surface area contributed by atoms with Crippen LogP contribution in [0.2, 0.25) is 0 Å². The van der Waals surface area contributed by atoms with Crippen LogP contribution < -0.4 is 10.7 Å². The maximum absolute atomic E-state index is 12.9. The van der Waals surface area contributed by atoms with Crippen LogP contribution in [-0.4, -0.2) is 24.2 Å². The number of ether oxygens (including phenoxy) is 1. The van der Waals surface area contributed by atoms with Crippen LogP contribution in [0.4, 0.5) is 5.69 Å². The molecule has 0 radical (unpaired) electrons. The summed E-state index contributed by atoms with van der Waals surface area (Å²) < 4.78 is 7.53. The van der Waals surface area contributed by atoms with E-state index in [0.717, 1.165) is 28.9 Å². The van der Waals surface area contributed by atoms with Crippen LogP contribution in [-0.2, 0) is 11.3 Å². The first kappa shape index (κ1) is 20.4. The Hall–Kier alpha value is -1.92. The molecule has 0 saturated carbocycles. The normalized spacial score (nSPS) is 10.8. The zero-order valence-electron chi connectivity index (χ0n) is 15.9. The number of benzene rings is 1. The first-order chi connectivity index (χ1) is 12.3. The topological polar surface area (TPSA) is 60.3 Å². The first-order valence-corrected chi connectivity index (χ1v) is 9.34. The van der Waals surface area contributed by atoms with Gasteiger partial charge < -0.3 is 14.6 Å². The van der Waals surface area contributed by atoms with Crippen molar-refractivity contribution in [1.29, 1.82) is 0 Å². The smallest absolute Gasteiger partial charge is 0.261 e. The number of amides is 1. The molecule has 2 rings (SSSR count).